The first-order valence-corrected chi connectivity index (χ1v) is 7.41. The van der Waals surface area contributed by atoms with E-state index in [1.54, 1.807) is 0 Å². The number of likely N-dealkylation sites (tertiary alicyclic amines) is 1. The number of ketones is 1. The predicted molar refractivity (Wildman–Crippen MR) is 78.2 cm³/mol. The number of phenols is 2. The molecule has 0 radical (unpaired) electrons. The highest BCUT2D eigenvalue weighted by Gasteiger charge is 2.24. The average molecular weight is 277 g/mol. The minimum atomic E-state index is -0.140. The highest BCUT2D eigenvalue weighted by Crippen LogP contribution is 2.25. The van der Waals surface area contributed by atoms with E-state index in [4.69, 9.17) is 0 Å². The maximum absolute atomic E-state index is 12.3. The number of carbonyl (C=O) groups is 1. The van der Waals surface area contributed by atoms with E-state index >= 15 is 0 Å². The summed E-state index contributed by atoms with van der Waals surface area (Å²) in [5.74, 6) is -0.245. The molecule has 0 amide bonds. The Balaban J connectivity index is 2.05. The van der Waals surface area contributed by atoms with Gasteiger partial charge in [0, 0.05) is 12.1 Å². The number of rotatable bonds is 5. The minimum Gasteiger partial charge on any atom is -0.508 e. The number of carbonyl (C=O) groups excluding carboxylic acids is 1. The molecule has 1 heterocycles. The van der Waals surface area contributed by atoms with Gasteiger partial charge in [-0.1, -0.05) is 19.8 Å². The maximum atomic E-state index is 12.3. The van der Waals surface area contributed by atoms with Crippen LogP contribution in [-0.2, 0) is 0 Å². The lowest BCUT2D eigenvalue weighted by atomic mass is 9.97. The fourth-order valence-corrected chi connectivity index (χ4v) is 2.95. The lowest BCUT2D eigenvalue weighted by Gasteiger charge is -2.35. The number of piperidine rings is 1. The molecule has 0 spiro atoms. The second kappa shape index (κ2) is 6.75. The van der Waals surface area contributed by atoms with E-state index in [1.807, 2.05) is 0 Å². The summed E-state index contributed by atoms with van der Waals surface area (Å²) in [6.07, 6.45) is 5.77. The van der Waals surface area contributed by atoms with Crippen LogP contribution < -0.4 is 0 Å². The van der Waals surface area contributed by atoms with E-state index in [0.717, 1.165) is 32.2 Å². The van der Waals surface area contributed by atoms with Crippen LogP contribution in [0.4, 0.5) is 0 Å². The van der Waals surface area contributed by atoms with Gasteiger partial charge in [0.2, 0.25) is 0 Å². The van der Waals surface area contributed by atoms with Crippen LogP contribution >= 0.6 is 0 Å². The second-order valence-corrected chi connectivity index (χ2v) is 5.53. The van der Waals surface area contributed by atoms with E-state index in [1.165, 1.54) is 24.6 Å². The topological polar surface area (TPSA) is 60.8 Å². The van der Waals surface area contributed by atoms with Crippen molar-refractivity contribution >= 4 is 5.78 Å². The lowest BCUT2D eigenvalue weighted by Crippen LogP contribution is -2.42. The number of aromatic hydroxyl groups is 2. The predicted octanol–water partition coefficient (Wildman–Crippen LogP) is 2.94. The van der Waals surface area contributed by atoms with Crippen molar-refractivity contribution in [3.05, 3.63) is 23.8 Å². The van der Waals surface area contributed by atoms with Crippen LogP contribution in [0.15, 0.2) is 18.2 Å². The Morgan fingerprint density at radius 1 is 1.35 bits per heavy atom. The molecule has 1 aromatic carbocycles. The van der Waals surface area contributed by atoms with Crippen molar-refractivity contribution in [1.29, 1.82) is 0 Å². The van der Waals surface area contributed by atoms with E-state index in [-0.39, 0.29) is 17.3 Å². The molecule has 0 saturated carbocycles. The zero-order valence-electron chi connectivity index (χ0n) is 12.0. The average Bonchev–Trinajstić information content (AvgIpc) is 2.41. The summed E-state index contributed by atoms with van der Waals surface area (Å²) in [6.45, 7) is 3.47. The van der Waals surface area contributed by atoms with Crippen LogP contribution in [-0.4, -0.2) is 40.0 Å². The third-order valence-electron chi connectivity index (χ3n) is 4.00. The Morgan fingerprint density at radius 2 is 2.15 bits per heavy atom. The molecule has 1 fully saturated rings. The molecule has 2 rings (SSSR count). The standard InChI is InChI=1S/C16H23NO3/c1-2-5-12-6-3-4-9-17(12)11-16(20)14-8-7-13(18)10-15(14)19/h7-8,10,12,18-19H,2-6,9,11H2,1H3. The summed E-state index contributed by atoms with van der Waals surface area (Å²) >= 11 is 0. The largest absolute Gasteiger partial charge is 0.508 e. The third kappa shape index (κ3) is 3.51. The summed E-state index contributed by atoms with van der Waals surface area (Å²) < 4.78 is 0. The van der Waals surface area contributed by atoms with Gasteiger partial charge in [0.1, 0.15) is 11.5 Å². The molecule has 1 aliphatic heterocycles. The number of Topliss-reactive ketones (excluding diaryl/α,β-unsaturated/α-hetero) is 1. The van der Waals surface area contributed by atoms with Crippen LogP contribution in [0.2, 0.25) is 0 Å². The summed E-state index contributed by atoms with van der Waals surface area (Å²) in [4.78, 5) is 14.5. The van der Waals surface area contributed by atoms with Gasteiger partial charge in [-0.3, -0.25) is 9.69 Å². The SMILES string of the molecule is CCCC1CCCCN1CC(=O)c1ccc(O)cc1O. The molecular weight excluding hydrogens is 254 g/mol. The maximum Gasteiger partial charge on any atom is 0.180 e. The van der Waals surface area contributed by atoms with Crippen molar-refractivity contribution in [2.75, 3.05) is 13.1 Å². The molecule has 0 bridgehead atoms. The first kappa shape index (κ1) is 14.9. The van der Waals surface area contributed by atoms with E-state index in [0.29, 0.717) is 18.2 Å². The molecule has 1 unspecified atom stereocenters. The van der Waals surface area contributed by atoms with Gasteiger partial charge < -0.3 is 10.2 Å². The fraction of sp³-hybridized carbons (Fsp3) is 0.562. The van der Waals surface area contributed by atoms with Crippen LogP contribution in [0.5, 0.6) is 11.5 Å². The van der Waals surface area contributed by atoms with Crippen LogP contribution in [0, 0.1) is 0 Å². The quantitative estimate of drug-likeness (QED) is 0.812. The van der Waals surface area contributed by atoms with Gasteiger partial charge in [-0.25, -0.2) is 0 Å². The van der Waals surface area contributed by atoms with Crippen molar-refractivity contribution in [2.24, 2.45) is 0 Å². The number of phenolic OH excluding ortho intramolecular Hbond substituents is 2. The molecule has 4 nitrogen and oxygen atoms in total. The second-order valence-electron chi connectivity index (χ2n) is 5.53. The zero-order valence-corrected chi connectivity index (χ0v) is 12.0. The molecule has 1 saturated heterocycles. The van der Waals surface area contributed by atoms with Gasteiger partial charge in [-0.15, -0.1) is 0 Å². The van der Waals surface area contributed by atoms with Gasteiger partial charge in [-0.05, 0) is 37.9 Å². The van der Waals surface area contributed by atoms with Crippen molar-refractivity contribution in [2.45, 2.75) is 45.1 Å². The summed E-state index contributed by atoms with van der Waals surface area (Å²) in [7, 11) is 0. The molecule has 20 heavy (non-hydrogen) atoms. The molecule has 1 aromatic rings. The molecule has 1 aliphatic rings. The first-order valence-electron chi connectivity index (χ1n) is 7.41. The molecule has 0 aliphatic carbocycles. The van der Waals surface area contributed by atoms with Crippen molar-refractivity contribution < 1.29 is 15.0 Å². The van der Waals surface area contributed by atoms with Gasteiger partial charge in [0.15, 0.2) is 5.78 Å². The van der Waals surface area contributed by atoms with Gasteiger partial charge >= 0.3 is 0 Å². The smallest absolute Gasteiger partial charge is 0.180 e. The molecule has 1 atom stereocenters. The van der Waals surface area contributed by atoms with Gasteiger partial charge in [0.05, 0.1) is 12.1 Å². The molecule has 0 aromatic heterocycles. The summed E-state index contributed by atoms with van der Waals surface area (Å²) in [5, 5.41) is 19.0. The van der Waals surface area contributed by atoms with E-state index in [2.05, 4.69) is 11.8 Å². The van der Waals surface area contributed by atoms with Crippen molar-refractivity contribution in [1.82, 2.24) is 4.90 Å². The summed E-state index contributed by atoms with van der Waals surface area (Å²) in [6, 6.07) is 4.63. The Kier molecular flexibility index (Phi) is 5.01. The Hall–Kier alpha value is -1.55. The fourth-order valence-electron chi connectivity index (χ4n) is 2.95. The molecule has 2 N–H and O–H groups in total. The van der Waals surface area contributed by atoms with Crippen LogP contribution in [0.1, 0.15) is 49.4 Å². The molecule has 4 heteroatoms. The van der Waals surface area contributed by atoms with Crippen molar-refractivity contribution in [3.63, 3.8) is 0 Å². The highest BCUT2D eigenvalue weighted by molar-refractivity contribution is 6.00. The normalized spacial score (nSPS) is 19.9. The van der Waals surface area contributed by atoms with Crippen molar-refractivity contribution in [3.8, 4) is 11.5 Å². The number of benzene rings is 1. The zero-order chi connectivity index (χ0) is 14.5. The van der Waals surface area contributed by atoms with E-state index in [9.17, 15) is 15.0 Å². The van der Waals surface area contributed by atoms with Gasteiger partial charge in [0.25, 0.3) is 0 Å². The number of hydrogen-bond acceptors (Lipinski definition) is 4. The first-order chi connectivity index (χ1) is 9.61. The monoisotopic (exact) mass is 277 g/mol. The highest BCUT2D eigenvalue weighted by atomic mass is 16.3. The minimum absolute atomic E-state index is 0.0270. The Morgan fingerprint density at radius 3 is 2.85 bits per heavy atom. The third-order valence-corrected chi connectivity index (χ3v) is 4.00. The Labute approximate surface area is 120 Å². The summed E-state index contributed by atoms with van der Waals surface area (Å²) in [5.41, 5.74) is 0.295. The number of hydrogen-bond donors (Lipinski definition) is 2. The molecular formula is C16H23NO3. The molecule has 110 valence electrons. The lowest BCUT2D eigenvalue weighted by molar-refractivity contribution is 0.0828. The van der Waals surface area contributed by atoms with Gasteiger partial charge in [-0.2, -0.15) is 0 Å². The Bertz CT molecular complexity index is 471. The number of nitrogens with zero attached hydrogens (tertiary/aromatic N) is 1. The van der Waals surface area contributed by atoms with E-state index < -0.39 is 0 Å². The van der Waals surface area contributed by atoms with Crippen LogP contribution in [0.25, 0.3) is 0 Å². The van der Waals surface area contributed by atoms with Crippen LogP contribution in [0.3, 0.4) is 0 Å².